The average Bonchev–Trinajstić information content (AvgIpc) is 2.75. The Balaban J connectivity index is 1.62. The van der Waals surface area contributed by atoms with Gasteiger partial charge in [-0.1, -0.05) is 50.2 Å². The molecule has 0 saturated carbocycles. The molecule has 1 atom stereocenters. The molecule has 2 aromatic rings. The van der Waals surface area contributed by atoms with Crippen molar-refractivity contribution in [2.45, 2.75) is 20.4 Å². The minimum atomic E-state index is -0.825. The molecule has 2 aromatic carbocycles. The Morgan fingerprint density at radius 2 is 1.57 bits per heavy atom. The Morgan fingerprint density at radius 1 is 1.00 bits per heavy atom. The number of methoxy groups -OCH3 is 1. The predicted octanol–water partition coefficient (Wildman–Crippen LogP) is 3.57. The van der Waals surface area contributed by atoms with Crippen molar-refractivity contribution < 1.29 is 19.1 Å². The van der Waals surface area contributed by atoms with Gasteiger partial charge in [0.15, 0.2) is 0 Å². The maximum absolute atomic E-state index is 12.5. The molecule has 6 heteroatoms. The van der Waals surface area contributed by atoms with Gasteiger partial charge in [-0.05, 0) is 34.7 Å². The number of rotatable bonds is 7. The number of hydrogen-bond donors (Lipinski definition) is 1. The van der Waals surface area contributed by atoms with Crippen LogP contribution in [0.25, 0.3) is 11.1 Å². The van der Waals surface area contributed by atoms with Crippen molar-refractivity contribution in [3.63, 3.8) is 0 Å². The molecule has 3 rings (SSSR count). The summed E-state index contributed by atoms with van der Waals surface area (Å²) in [5, 5.41) is 2.82. The lowest BCUT2D eigenvalue weighted by atomic mass is 9.95. The molecule has 1 aliphatic heterocycles. The Labute approximate surface area is 178 Å². The number of nitrogens with one attached hydrogen (secondary N) is 1. The molecule has 0 bridgehead atoms. The molecule has 1 N–H and O–H groups in total. The van der Waals surface area contributed by atoms with Gasteiger partial charge in [0.25, 0.3) is 0 Å². The first-order valence-electron chi connectivity index (χ1n) is 10.4. The van der Waals surface area contributed by atoms with E-state index in [1.807, 2.05) is 38.1 Å². The number of ether oxygens (including phenoxy) is 2. The summed E-state index contributed by atoms with van der Waals surface area (Å²) in [6.45, 7) is 8.15. The van der Waals surface area contributed by atoms with Crippen molar-refractivity contribution in [2.24, 2.45) is 11.8 Å². The number of esters is 1. The molecule has 1 heterocycles. The highest BCUT2D eigenvalue weighted by atomic mass is 16.5. The number of anilines is 1. The summed E-state index contributed by atoms with van der Waals surface area (Å²) in [6.07, 6.45) is 0. The van der Waals surface area contributed by atoms with E-state index < -0.39 is 11.9 Å². The standard InChI is InChI=1S/C24H30N2O4/c1-17(2)22(24(28)29-3)23(27)25-21-10-8-20(9-11-21)19-6-4-18(5-7-19)16-26-12-14-30-15-13-26/h4-11,17,22H,12-16H2,1-3H3,(H,25,27). The number of amides is 1. The second-order valence-electron chi connectivity index (χ2n) is 7.90. The summed E-state index contributed by atoms with van der Waals surface area (Å²) in [5.41, 5.74) is 4.13. The third-order valence-corrected chi connectivity index (χ3v) is 5.35. The highest BCUT2D eigenvalue weighted by molar-refractivity contribution is 6.05. The second kappa shape index (κ2) is 10.4. The smallest absolute Gasteiger partial charge is 0.318 e. The number of nitrogens with zero attached hydrogens (tertiary/aromatic N) is 1. The van der Waals surface area contributed by atoms with Crippen LogP contribution in [0, 0.1) is 11.8 Å². The minimum absolute atomic E-state index is 0.146. The van der Waals surface area contributed by atoms with Gasteiger partial charge < -0.3 is 14.8 Å². The van der Waals surface area contributed by atoms with Gasteiger partial charge in [0.1, 0.15) is 5.92 Å². The van der Waals surface area contributed by atoms with Crippen LogP contribution in [0.4, 0.5) is 5.69 Å². The number of carbonyl (C=O) groups is 2. The Kier molecular flexibility index (Phi) is 7.60. The minimum Gasteiger partial charge on any atom is -0.468 e. The summed E-state index contributed by atoms with van der Waals surface area (Å²) >= 11 is 0. The van der Waals surface area contributed by atoms with E-state index in [0.29, 0.717) is 5.69 Å². The van der Waals surface area contributed by atoms with Crippen LogP contribution >= 0.6 is 0 Å². The SMILES string of the molecule is COC(=O)C(C(=O)Nc1ccc(-c2ccc(CN3CCOCC3)cc2)cc1)C(C)C. The number of morpholine rings is 1. The first-order valence-corrected chi connectivity index (χ1v) is 10.4. The monoisotopic (exact) mass is 410 g/mol. The van der Waals surface area contributed by atoms with E-state index in [1.54, 1.807) is 0 Å². The van der Waals surface area contributed by atoms with Gasteiger partial charge in [0.2, 0.25) is 5.91 Å². The maximum Gasteiger partial charge on any atom is 0.318 e. The van der Waals surface area contributed by atoms with E-state index in [1.165, 1.54) is 12.7 Å². The van der Waals surface area contributed by atoms with E-state index in [4.69, 9.17) is 9.47 Å². The largest absolute Gasteiger partial charge is 0.468 e. The van der Waals surface area contributed by atoms with Crippen molar-refractivity contribution >= 4 is 17.6 Å². The lowest BCUT2D eigenvalue weighted by Gasteiger charge is -2.26. The maximum atomic E-state index is 12.5. The van der Waals surface area contributed by atoms with Crippen LogP contribution in [-0.2, 0) is 25.6 Å². The molecule has 1 fully saturated rings. The second-order valence-corrected chi connectivity index (χ2v) is 7.90. The van der Waals surface area contributed by atoms with Crippen LogP contribution < -0.4 is 5.32 Å². The summed E-state index contributed by atoms with van der Waals surface area (Å²) in [6, 6.07) is 16.2. The third kappa shape index (κ3) is 5.68. The molecule has 160 valence electrons. The van der Waals surface area contributed by atoms with Crippen LogP contribution in [0.3, 0.4) is 0 Å². The van der Waals surface area contributed by atoms with Gasteiger partial charge in [-0.15, -0.1) is 0 Å². The summed E-state index contributed by atoms with van der Waals surface area (Å²) < 4.78 is 10.2. The van der Waals surface area contributed by atoms with Crippen molar-refractivity contribution in [1.29, 1.82) is 0 Å². The molecule has 0 aromatic heterocycles. The van der Waals surface area contributed by atoms with Gasteiger partial charge in [-0.25, -0.2) is 0 Å². The van der Waals surface area contributed by atoms with E-state index in [-0.39, 0.29) is 11.8 Å². The van der Waals surface area contributed by atoms with Crippen molar-refractivity contribution in [1.82, 2.24) is 4.90 Å². The molecule has 1 unspecified atom stereocenters. The molecule has 1 amide bonds. The van der Waals surface area contributed by atoms with Crippen LogP contribution in [0.15, 0.2) is 48.5 Å². The molecule has 30 heavy (non-hydrogen) atoms. The van der Waals surface area contributed by atoms with Crippen LogP contribution in [0.1, 0.15) is 19.4 Å². The molecular formula is C24H30N2O4. The van der Waals surface area contributed by atoms with Crippen molar-refractivity contribution in [2.75, 3.05) is 38.7 Å². The highest BCUT2D eigenvalue weighted by Gasteiger charge is 2.30. The van der Waals surface area contributed by atoms with Crippen molar-refractivity contribution in [3.05, 3.63) is 54.1 Å². The lowest BCUT2D eigenvalue weighted by molar-refractivity contribution is -0.150. The zero-order valence-corrected chi connectivity index (χ0v) is 17.9. The molecular weight excluding hydrogens is 380 g/mol. The lowest BCUT2D eigenvalue weighted by Crippen LogP contribution is -2.35. The predicted molar refractivity (Wildman–Crippen MR) is 117 cm³/mol. The van der Waals surface area contributed by atoms with Crippen LogP contribution in [-0.4, -0.2) is 50.2 Å². The van der Waals surface area contributed by atoms with E-state index in [9.17, 15) is 9.59 Å². The Bertz CT molecular complexity index is 841. The van der Waals surface area contributed by atoms with Gasteiger partial charge in [0.05, 0.1) is 20.3 Å². The number of benzene rings is 2. The highest BCUT2D eigenvalue weighted by Crippen LogP contribution is 2.23. The molecule has 6 nitrogen and oxygen atoms in total. The van der Waals surface area contributed by atoms with Gasteiger partial charge in [-0.2, -0.15) is 0 Å². The van der Waals surface area contributed by atoms with Crippen LogP contribution in [0.2, 0.25) is 0 Å². The molecule has 1 saturated heterocycles. The van der Waals surface area contributed by atoms with Gasteiger partial charge >= 0.3 is 5.97 Å². The van der Waals surface area contributed by atoms with E-state index >= 15 is 0 Å². The summed E-state index contributed by atoms with van der Waals surface area (Å²) in [4.78, 5) is 26.8. The molecule has 0 radical (unpaired) electrons. The Morgan fingerprint density at radius 3 is 2.10 bits per heavy atom. The number of carbonyl (C=O) groups excluding carboxylic acids is 2. The average molecular weight is 411 g/mol. The first kappa shape index (κ1) is 22.0. The first-order chi connectivity index (χ1) is 14.5. The number of hydrogen-bond acceptors (Lipinski definition) is 5. The van der Waals surface area contributed by atoms with Gasteiger partial charge in [-0.3, -0.25) is 14.5 Å². The summed E-state index contributed by atoms with van der Waals surface area (Å²) in [5.74, 6) is -1.84. The van der Waals surface area contributed by atoms with Gasteiger partial charge in [0, 0.05) is 25.3 Å². The van der Waals surface area contributed by atoms with Crippen molar-refractivity contribution in [3.8, 4) is 11.1 Å². The quantitative estimate of drug-likeness (QED) is 0.558. The Hall–Kier alpha value is -2.70. The zero-order chi connectivity index (χ0) is 21.5. The molecule has 1 aliphatic rings. The normalized spacial score (nSPS) is 15.6. The third-order valence-electron chi connectivity index (χ3n) is 5.35. The fourth-order valence-electron chi connectivity index (χ4n) is 3.60. The molecule has 0 aliphatic carbocycles. The van der Waals surface area contributed by atoms with Crippen LogP contribution in [0.5, 0.6) is 0 Å². The van der Waals surface area contributed by atoms with E-state index in [2.05, 4.69) is 34.5 Å². The topological polar surface area (TPSA) is 67.9 Å². The van der Waals surface area contributed by atoms with E-state index in [0.717, 1.165) is 44.0 Å². The fraction of sp³-hybridized carbons (Fsp3) is 0.417. The fourth-order valence-corrected chi connectivity index (χ4v) is 3.60. The molecule has 0 spiro atoms. The summed E-state index contributed by atoms with van der Waals surface area (Å²) in [7, 11) is 1.30. The zero-order valence-electron chi connectivity index (χ0n) is 17.9.